The van der Waals surface area contributed by atoms with E-state index in [9.17, 15) is 4.79 Å². The minimum Gasteiger partial charge on any atom is -0.322 e. The number of hydrogen-bond donors (Lipinski definition) is 1. The predicted molar refractivity (Wildman–Crippen MR) is 98.5 cm³/mol. The van der Waals surface area contributed by atoms with Gasteiger partial charge in [0.25, 0.3) is 5.56 Å². The van der Waals surface area contributed by atoms with Gasteiger partial charge in [0.05, 0.1) is 11.0 Å². The topological polar surface area (TPSA) is 55.6 Å². The van der Waals surface area contributed by atoms with Crippen molar-refractivity contribution in [2.75, 3.05) is 0 Å². The lowest BCUT2D eigenvalue weighted by Gasteiger charge is -2.08. The van der Waals surface area contributed by atoms with Crippen LogP contribution in [-0.4, -0.2) is 19.1 Å². The summed E-state index contributed by atoms with van der Waals surface area (Å²) in [4.78, 5) is 19.9. The summed E-state index contributed by atoms with van der Waals surface area (Å²) in [6.07, 6.45) is 5.48. The molecule has 0 bridgehead atoms. The van der Waals surface area contributed by atoms with Gasteiger partial charge in [-0.1, -0.05) is 36.4 Å². The zero-order valence-corrected chi connectivity index (χ0v) is 13.3. The quantitative estimate of drug-likeness (QED) is 0.538. The molecule has 120 valence electrons. The van der Waals surface area contributed by atoms with E-state index < -0.39 is 0 Å². The molecule has 25 heavy (non-hydrogen) atoms. The van der Waals surface area contributed by atoms with E-state index in [1.54, 1.807) is 6.20 Å². The first kappa shape index (κ1) is 13.8. The second kappa shape index (κ2) is 5.21. The second-order valence-corrected chi connectivity index (χ2v) is 5.90. The maximum absolute atomic E-state index is 12.4. The van der Waals surface area contributed by atoms with Gasteiger partial charge in [0.1, 0.15) is 0 Å². The molecule has 5 rings (SSSR count). The van der Waals surface area contributed by atoms with E-state index in [1.807, 2.05) is 76.1 Å². The van der Waals surface area contributed by atoms with Crippen molar-refractivity contribution in [1.29, 1.82) is 0 Å². The van der Waals surface area contributed by atoms with Gasteiger partial charge in [-0.15, -0.1) is 0 Å². The van der Waals surface area contributed by atoms with Gasteiger partial charge in [0.2, 0.25) is 5.82 Å². The van der Waals surface area contributed by atoms with E-state index in [4.69, 9.17) is 0 Å². The number of nitrogens with zero attached hydrogens (tertiary/aromatic N) is 3. The van der Waals surface area contributed by atoms with E-state index in [1.165, 1.54) is 0 Å². The van der Waals surface area contributed by atoms with Crippen LogP contribution in [0.4, 0.5) is 0 Å². The van der Waals surface area contributed by atoms with Crippen molar-refractivity contribution in [3.05, 3.63) is 89.6 Å². The highest BCUT2D eigenvalue weighted by Crippen LogP contribution is 2.20. The van der Waals surface area contributed by atoms with Crippen molar-refractivity contribution in [1.82, 2.24) is 19.1 Å². The fraction of sp³-hybridized carbons (Fsp3) is 0. The molecule has 3 heterocycles. The Labute approximate surface area is 142 Å². The number of aromatic nitrogens is 4. The molecule has 2 aromatic carbocycles. The van der Waals surface area contributed by atoms with Crippen LogP contribution in [0.3, 0.4) is 0 Å². The monoisotopic (exact) mass is 326 g/mol. The van der Waals surface area contributed by atoms with E-state index in [2.05, 4.69) is 16.0 Å². The predicted octanol–water partition coefficient (Wildman–Crippen LogP) is 3.66. The number of para-hydroxylation sites is 2. The van der Waals surface area contributed by atoms with Crippen molar-refractivity contribution >= 4 is 21.8 Å². The van der Waals surface area contributed by atoms with Crippen molar-refractivity contribution in [2.24, 2.45) is 0 Å². The standard InChI is InChI=1S/C20H14N4O/c25-20-19(24-12-10-15-6-2-4-8-17(15)24)22-18(13-21-20)23-11-9-14-5-1-3-7-16(14)23/h1-13H,(H,21,25). The zero-order valence-electron chi connectivity index (χ0n) is 13.3. The summed E-state index contributed by atoms with van der Waals surface area (Å²) in [6, 6.07) is 20.0. The van der Waals surface area contributed by atoms with Gasteiger partial charge in [0.15, 0.2) is 5.82 Å². The highest BCUT2D eigenvalue weighted by molar-refractivity contribution is 5.82. The van der Waals surface area contributed by atoms with Gasteiger partial charge in [0, 0.05) is 18.6 Å². The van der Waals surface area contributed by atoms with Gasteiger partial charge in [-0.3, -0.25) is 13.9 Å². The number of nitrogens with one attached hydrogen (secondary N) is 1. The highest BCUT2D eigenvalue weighted by atomic mass is 16.1. The van der Waals surface area contributed by atoms with Gasteiger partial charge >= 0.3 is 0 Å². The molecule has 0 saturated carbocycles. The molecule has 5 heteroatoms. The fourth-order valence-corrected chi connectivity index (χ4v) is 3.22. The molecule has 0 unspecified atom stereocenters. The average molecular weight is 326 g/mol. The molecule has 0 aliphatic rings. The van der Waals surface area contributed by atoms with E-state index >= 15 is 0 Å². The van der Waals surface area contributed by atoms with Gasteiger partial charge in [-0.05, 0) is 35.0 Å². The lowest BCUT2D eigenvalue weighted by atomic mass is 10.2. The number of rotatable bonds is 2. The normalized spacial score (nSPS) is 11.4. The number of hydrogen-bond acceptors (Lipinski definition) is 2. The van der Waals surface area contributed by atoms with Gasteiger partial charge in [-0.2, -0.15) is 0 Å². The Kier molecular flexibility index (Phi) is 2.87. The largest absolute Gasteiger partial charge is 0.322 e. The molecule has 0 aliphatic heterocycles. The molecule has 1 N–H and O–H groups in total. The summed E-state index contributed by atoms with van der Waals surface area (Å²) in [6.45, 7) is 0. The van der Waals surface area contributed by atoms with E-state index in [0.29, 0.717) is 11.6 Å². The summed E-state index contributed by atoms with van der Waals surface area (Å²) in [5.74, 6) is 1.03. The Hall–Kier alpha value is -3.60. The van der Waals surface area contributed by atoms with Crippen molar-refractivity contribution in [2.45, 2.75) is 0 Å². The van der Waals surface area contributed by atoms with Crippen LogP contribution in [0.15, 0.2) is 84.0 Å². The lowest BCUT2D eigenvalue weighted by Crippen LogP contribution is -2.17. The summed E-state index contributed by atoms with van der Waals surface area (Å²) in [5.41, 5.74) is 1.78. The SMILES string of the molecule is O=c1[nH]cc(-n2ccc3ccccc32)nc1-n1ccc2ccccc21. The third kappa shape index (κ3) is 2.10. The highest BCUT2D eigenvalue weighted by Gasteiger charge is 2.11. The minimum atomic E-state index is -0.221. The molecule has 0 spiro atoms. The van der Waals surface area contributed by atoms with Crippen molar-refractivity contribution in [3.8, 4) is 11.6 Å². The summed E-state index contributed by atoms with van der Waals surface area (Å²) < 4.78 is 3.80. The Bertz CT molecular complexity index is 1280. The molecular weight excluding hydrogens is 312 g/mol. The van der Waals surface area contributed by atoms with Crippen molar-refractivity contribution < 1.29 is 0 Å². The summed E-state index contributed by atoms with van der Waals surface area (Å²) in [5, 5.41) is 2.20. The molecule has 0 amide bonds. The number of H-pyrrole nitrogens is 1. The first-order valence-corrected chi connectivity index (χ1v) is 8.04. The maximum Gasteiger partial charge on any atom is 0.291 e. The number of aromatic amines is 1. The minimum absolute atomic E-state index is 0.221. The molecular formula is C20H14N4O. The van der Waals surface area contributed by atoms with E-state index in [0.717, 1.165) is 21.8 Å². The first-order chi connectivity index (χ1) is 12.3. The van der Waals surface area contributed by atoms with Crippen LogP contribution in [0.1, 0.15) is 0 Å². The molecule has 0 aliphatic carbocycles. The Morgan fingerprint density at radius 1 is 0.760 bits per heavy atom. The maximum atomic E-state index is 12.4. The third-order valence-electron chi connectivity index (χ3n) is 4.43. The first-order valence-electron chi connectivity index (χ1n) is 8.04. The van der Waals surface area contributed by atoms with Crippen LogP contribution in [0.2, 0.25) is 0 Å². The molecule has 0 atom stereocenters. The zero-order chi connectivity index (χ0) is 16.8. The second-order valence-electron chi connectivity index (χ2n) is 5.90. The Morgan fingerprint density at radius 2 is 1.36 bits per heavy atom. The summed E-state index contributed by atoms with van der Waals surface area (Å²) >= 11 is 0. The molecule has 5 aromatic rings. The van der Waals surface area contributed by atoms with Crippen LogP contribution in [0.5, 0.6) is 0 Å². The van der Waals surface area contributed by atoms with Crippen LogP contribution < -0.4 is 5.56 Å². The molecule has 3 aromatic heterocycles. The van der Waals surface area contributed by atoms with Crippen LogP contribution in [0.25, 0.3) is 33.4 Å². The molecule has 5 nitrogen and oxygen atoms in total. The molecule has 0 fully saturated rings. The van der Waals surface area contributed by atoms with Crippen LogP contribution in [-0.2, 0) is 0 Å². The Morgan fingerprint density at radius 3 is 2.08 bits per heavy atom. The number of fused-ring (bicyclic) bond motifs is 2. The molecule has 0 saturated heterocycles. The van der Waals surface area contributed by atoms with Crippen LogP contribution in [0, 0.1) is 0 Å². The smallest absolute Gasteiger partial charge is 0.291 e. The third-order valence-corrected chi connectivity index (χ3v) is 4.43. The molecule has 0 radical (unpaired) electrons. The average Bonchev–Trinajstić information content (AvgIpc) is 3.26. The van der Waals surface area contributed by atoms with E-state index in [-0.39, 0.29) is 5.56 Å². The van der Waals surface area contributed by atoms with Crippen LogP contribution >= 0.6 is 0 Å². The van der Waals surface area contributed by atoms with Crippen molar-refractivity contribution in [3.63, 3.8) is 0 Å². The number of benzene rings is 2. The summed E-state index contributed by atoms with van der Waals surface area (Å²) in [7, 11) is 0. The Balaban J connectivity index is 1.75. The van der Waals surface area contributed by atoms with Gasteiger partial charge in [-0.25, -0.2) is 4.98 Å². The fourth-order valence-electron chi connectivity index (χ4n) is 3.22. The van der Waals surface area contributed by atoms with Gasteiger partial charge < -0.3 is 4.98 Å². The lowest BCUT2D eigenvalue weighted by molar-refractivity contribution is 0.928.